The first kappa shape index (κ1) is 14.8. The summed E-state index contributed by atoms with van der Waals surface area (Å²) < 4.78 is 0. The van der Waals surface area contributed by atoms with Crippen LogP contribution in [0.25, 0.3) is 10.8 Å². The Morgan fingerprint density at radius 3 is 2.60 bits per heavy atom. The Hall–Kier alpha value is -1.61. The summed E-state index contributed by atoms with van der Waals surface area (Å²) >= 11 is 0. The smallest absolute Gasteiger partial charge is 0.136 e. The molecule has 3 nitrogen and oxygen atoms in total. The maximum absolute atomic E-state index is 4.69. The molecule has 108 valence electrons. The fourth-order valence-corrected chi connectivity index (χ4v) is 2.58. The van der Waals surface area contributed by atoms with E-state index in [0.717, 1.165) is 18.9 Å². The average molecular weight is 271 g/mol. The van der Waals surface area contributed by atoms with Crippen molar-refractivity contribution in [3.05, 3.63) is 36.0 Å². The molecule has 0 aliphatic heterocycles. The van der Waals surface area contributed by atoms with Crippen LogP contribution in [0.3, 0.4) is 0 Å². The Morgan fingerprint density at radius 1 is 1.15 bits per heavy atom. The molecule has 0 unspecified atom stereocenters. The zero-order valence-corrected chi connectivity index (χ0v) is 12.8. The standard InChI is InChI=1S/C17H25N3/c1-4-5-8-11-20(3)17-16-10-7-6-9-15(16)14(12-18-2)13-19-17/h6-7,9-10,13,18H,4-5,8,11-12H2,1-3H3. The molecule has 0 spiro atoms. The molecule has 2 rings (SSSR count). The molecule has 1 aromatic carbocycles. The number of anilines is 1. The van der Waals surface area contributed by atoms with Gasteiger partial charge in [-0.15, -0.1) is 0 Å². The second-order valence-corrected chi connectivity index (χ2v) is 5.31. The van der Waals surface area contributed by atoms with Crippen LogP contribution in [0.2, 0.25) is 0 Å². The molecular formula is C17H25N3. The van der Waals surface area contributed by atoms with Gasteiger partial charge in [-0.3, -0.25) is 0 Å². The van der Waals surface area contributed by atoms with Gasteiger partial charge in [-0.2, -0.15) is 0 Å². The van der Waals surface area contributed by atoms with Crippen LogP contribution in [0, 0.1) is 0 Å². The lowest BCUT2D eigenvalue weighted by molar-refractivity contribution is 0.702. The second kappa shape index (κ2) is 7.25. The van der Waals surface area contributed by atoms with Gasteiger partial charge < -0.3 is 10.2 Å². The quantitative estimate of drug-likeness (QED) is 0.780. The van der Waals surface area contributed by atoms with Crippen molar-refractivity contribution in [1.82, 2.24) is 10.3 Å². The maximum atomic E-state index is 4.69. The van der Waals surface area contributed by atoms with Crippen molar-refractivity contribution in [1.29, 1.82) is 0 Å². The van der Waals surface area contributed by atoms with Gasteiger partial charge in [0.2, 0.25) is 0 Å². The number of fused-ring (bicyclic) bond motifs is 1. The van der Waals surface area contributed by atoms with E-state index in [0.29, 0.717) is 0 Å². The zero-order valence-electron chi connectivity index (χ0n) is 12.8. The zero-order chi connectivity index (χ0) is 14.4. The highest BCUT2D eigenvalue weighted by Crippen LogP contribution is 2.26. The van der Waals surface area contributed by atoms with Crippen LogP contribution in [0.4, 0.5) is 5.82 Å². The van der Waals surface area contributed by atoms with E-state index < -0.39 is 0 Å². The minimum Gasteiger partial charge on any atom is -0.359 e. The monoisotopic (exact) mass is 271 g/mol. The molecule has 2 aromatic rings. The summed E-state index contributed by atoms with van der Waals surface area (Å²) in [5.41, 5.74) is 1.26. The number of nitrogens with zero attached hydrogens (tertiary/aromatic N) is 2. The van der Waals surface area contributed by atoms with Crippen molar-refractivity contribution in [3.8, 4) is 0 Å². The molecule has 1 N–H and O–H groups in total. The van der Waals surface area contributed by atoms with Crippen LogP contribution in [-0.2, 0) is 6.54 Å². The van der Waals surface area contributed by atoms with Gasteiger partial charge in [0.1, 0.15) is 5.82 Å². The van der Waals surface area contributed by atoms with Crippen LogP contribution in [-0.4, -0.2) is 25.6 Å². The van der Waals surface area contributed by atoms with E-state index in [2.05, 4.69) is 48.5 Å². The normalized spacial score (nSPS) is 10.9. The number of pyridine rings is 1. The third kappa shape index (κ3) is 3.28. The SMILES string of the molecule is CCCCCN(C)c1ncc(CNC)c2ccccc12. The highest BCUT2D eigenvalue weighted by molar-refractivity contribution is 5.94. The fourth-order valence-electron chi connectivity index (χ4n) is 2.58. The first-order valence-corrected chi connectivity index (χ1v) is 7.50. The van der Waals surface area contributed by atoms with Crippen LogP contribution in [0.15, 0.2) is 30.5 Å². The molecule has 1 heterocycles. The van der Waals surface area contributed by atoms with Gasteiger partial charge >= 0.3 is 0 Å². The minimum absolute atomic E-state index is 0.855. The lowest BCUT2D eigenvalue weighted by Gasteiger charge is -2.21. The molecule has 1 aromatic heterocycles. The van der Waals surface area contributed by atoms with Gasteiger partial charge in [-0.05, 0) is 24.4 Å². The van der Waals surface area contributed by atoms with E-state index in [1.807, 2.05) is 13.2 Å². The highest BCUT2D eigenvalue weighted by Gasteiger charge is 2.10. The van der Waals surface area contributed by atoms with Crippen molar-refractivity contribution < 1.29 is 0 Å². The number of benzene rings is 1. The molecule has 0 saturated heterocycles. The molecule has 0 amide bonds. The Bertz CT molecular complexity index is 551. The predicted molar refractivity (Wildman–Crippen MR) is 87.3 cm³/mol. The summed E-state index contributed by atoms with van der Waals surface area (Å²) in [7, 11) is 4.11. The summed E-state index contributed by atoms with van der Waals surface area (Å²) in [4.78, 5) is 6.97. The number of aromatic nitrogens is 1. The van der Waals surface area contributed by atoms with Gasteiger partial charge in [-0.25, -0.2) is 4.98 Å². The summed E-state index contributed by atoms with van der Waals surface area (Å²) in [6, 6.07) is 8.55. The number of rotatable bonds is 7. The van der Waals surface area contributed by atoms with Crippen LogP contribution >= 0.6 is 0 Å². The van der Waals surface area contributed by atoms with Crippen LogP contribution in [0.1, 0.15) is 31.7 Å². The van der Waals surface area contributed by atoms with Crippen LogP contribution < -0.4 is 10.2 Å². The molecule has 0 radical (unpaired) electrons. The van der Waals surface area contributed by atoms with E-state index in [1.54, 1.807) is 0 Å². The summed E-state index contributed by atoms with van der Waals surface area (Å²) in [6.45, 7) is 4.16. The highest BCUT2D eigenvalue weighted by atomic mass is 15.2. The Labute approximate surface area is 122 Å². The Morgan fingerprint density at radius 2 is 1.90 bits per heavy atom. The van der Waals surface area contributed by atoms with E-state index in [1.165, 1.54) is 35.6 Å². The van der Waals surface area contributed by atoms with Crippen molar-refractivity contribution >= 4 is 16.6 Å². The van der Waals surface area contributed by atoms with Gasteiger partial charge in [-0.1, -0.05) is 44.0 Å². The van der Waals surface area contributed by atoms with E-state index in [9.17, 15) is 0 Å². The van der Waals surface area contributed by atoms with E-state index in [4.69, 9.17) is 4.98 Å². The first-order valence-electron chi connectivity index (χ1n) is 7.50. The molecule has 0 aliphatic rings. The molecule has 20 heavy (non-hydrogen) atoms. The Balaban J connectivity index is 2.32. The Kier molecular flexibility index (Phi) is 5.36. The lowest BCUT2D eigenvalue weighted by Crippen LogP contribution is -2.20. The minimum atomic E-state index is 0.855. The molecule has 0 saturated carbocycles. The number of hydrogen-bond acceptors (Lipinski definition) is 3. The predicted octanol–water partition coefficient (Wildman–Crippen LogP) is 3.58. The molecular weight excluding hydrogens is 246 g/mol. The molecule has 3 heteroatoms. The molecule has 0 atom stereocenters. The van der Waals surface area contributed by atoms with Crippen molar-refractivity contribution in [2.24, 2.45) is 0 Å². The van der Waals surface area contributed by atoms with Gasteiger partial charge in [0.25, 0.3) is 0 Å². The number of unbranched alkanes of at least 4 members (excludes halogenated alkanes) is 2. The van der Waals surface area contributed by atoms with Gasteiger partial charge in [0, 0.05) is 31.7 Å². The summed E-state index contributed by atoms with van der Waals surface area (Å²) in [5, 5.41) is 5.76. The summed E-state index contributed by atoms with van der Waals surface area (Å²) in [5.74, 6) is 1.09. The molecule has 0 aliphatic carbocycles. The first-order chi connectivity index (χ1) is 9.77. The van der Waals surface area contributed by atoms with Crippen molar-refractivity contribution in [3.63, 3.8) is 0 Å². The largest absolute Gasteiger partial charge is 0.359 e. The topological polar surface area (TPSA) is 28.2 Å². The molecule has 0 bridgehead atoms. The lowest BCUT2D eigenvalue weighted by atomic mass is 10.1. The second-order valence-electron chi connectivity index (χ2n) is 5.31. The maximum Gasteiger partial charge on any atom is 0.136 e. The van der Waals surface area contributed by atoms with Crippen molar-refractivity contribution in [2.75, 3.05) is 25.5 Å². The molecule has 0 fully saturated rings. The fraction of sp³-hybridized carbons (Fsp3) is 0.471. The third-order valence-corrected chi connectivity index (χ3v) is 3.68. The summed E-state index contributed by atoms with van der Waals surface area (Å²) in [6.07, 6.45) is 5.76. The average Bonchev–Trinajstić information content (AvgIpc) is 2.48. The van der Waals surface area contributed by atoms with Crippen molar-refractivity contribution in [2.45, 2.75) is 32.7 Å². The number of hydrogen-bond donors (Lipinski definition) is 1. The number of nitrogens with one attached hydrogen (secondary N) is 1. The van der Waals surface area contributed by atoms with E-state index in [-0.39, 0.29) is 0 Å². The van der Waals surface area contributed by atoms with E-state index >= 15 is 0 Å². The third-order valence-electron chi connectivity index (χ3n) is 3.68. The van der Waals surface area contributed by atoms with Crippen LogP contribution in [0.5, 0.6) is 0 Å². The van der Waals surface area contributed by atoms with Gasteiger partial charge in [0.05, 0.1) is 0 Å². The van der Waals surface area contributed by atoms with Gasteiger partial charge in [0.15, 0.2) is 0 Å².